The van der Waals surface area contributed by atoms with Crippen molar-refractivity contribution in [1.29, 1.82) is 0 Å². The summed E-state index contributed by atoms with van der Waals surface area (Å²) in [6.45, 7) is 4.99. The molecule has 7 N–H and O–H groups in total. The first-order valence-corrected chi connectivity index (χ1v) is 6.44. The summed E-state index contributed by atoms with van der Waals surface area (Å²) in [7, 11) is 0. The summed E-state index contributed by atoms with van der Waals surface area (Å²) in [4.78, 5) is 15.2. The van der Waals surface area contributed by atoms with Gasteiger partial charge in [-0.15, -0.1) is 0 Å². The van der Waals surface area contributed by atoms with Crippen molar-refractivity contribution in [3.8, 4) is 0 Å². The quantitative estimate of drug-likeness (QED) is 0.532. The normalized spacial score (nSPS) is 14.3. The summed E-state index contributed by atoms with van der Waals surface area (Å²) in [6.07, 6.45) is -1.85. The van der Waals surface area contributed by atoms with E-state index in [1.807, 2.05) is 0 Å². The predicted molar refractivity (Wildman–Crippen MR) is 78.3 cm³/mol. The Balaban J connectivity index is 2.56. The average Bonchev–Trinajstić information content (AvgIpc) is 2.36. The molecule has 2 atom stereocenters. The fourth-order valence-corrected chi connectivity index (χ4v) is 1.51. The van der Waals surface area contributed by atoms with Gasteiger partial charge >= 0.3 is 6.09 Å². The summed E-state index contributed by atoms with van der Waals surface area (Å²) in [5.41, 5.74) is 10.9. The van der Waals surface area contributed by atoms with Crippen LogP contribution in [0.4, 0.5) is 16.3 Å². The van der Waals surface area contributed by atoms with Crippen molar-refractivity contribution >= 4 is 17.6 Å². The Hall–Kier alpha value is -2.06. The van der Waals surface area contributed by atoms with E-state index in [0.29, 0.717) is 5.56 Å². The van der Waals surface area contributed by atoms with E-state index in [4.69, 9.17) is 16.2 Å². The van der Waals surface area contributed by atoms with E-state index in [1.165, 1.54) is 12.3 Å². The largest absolute Gasteiger partial charge is 0.444 e. The summed E-state index contributed by atoms with van der Waals surface area (Å²) < 4.78 is 5.02. The molecule has 0 bridgehead atoms. The Kier molecular flexibility index (Phi) is 5.34. The monoisotopic (exact) mass is 298 g/mol. The van der Waals surface area contributed by atoms with Crippen molar-refractivity contribution < 1.29 is 19.7 Å². The molecule has 1 aromatic heterocycles. The molecule has 0 aliphatic heterocycles. The van der Waals surface area contributed by atoms with Gasteiger partial charge in [-0.05, 0) is 26.8 Å². The number of nitrogens with two attached hydrogens (primary N) is 2. The molecule has 1 heterocycles. The number of aliphatic hydroxyl groups is 2. The molecule has 0 fully saturated rings. The molecular formula is C13H22N4O4. The third-order valence-electron chi connectivity index (χ3n) is 2.53. The van der Waals surface area contributed by atoms with Gasteiger partial charge in [0, 0.05) is 18.3 Å². The van der Waals surface area contributed by atoms with Crippen molar-refractivity contribution in [2.75, 3.05) is 18.0 Å². The highest BCUT2D eigenvalue weighted by Crippen LogP contribution is 2.21. The minimum atomic E-state index is -1.25. The highest BCUT2D eigenvalue weighted by atomic mass is 16.6. The van der Waals surface area contributed by atoms with Crippen molar-refractivity contribution in [2.45, 2.75) is 38.6 Å². The molecule has 0 aromatic carbocycles. The Bertz CT molecular complexity index is 501. The van der Waals surface area contributed by atoms with Gasteiger partial charge in [-0.25, -0.2) is 9.78 Å². The molecule has 8 heteroatoms. The molecule has 0 radical (unpaired) electrons. The molecule has 0 spiro atoms. The lowest BCUT2D eigenvalue weighted by atomic mass is 10.1. The number of alkyl carbamates (subject to hydrolysis) is 1. The van der Waals surface area contributed by atoms with Crippen LogP contribution >= 0.6 is 0 Å². The Labute approximate surface area is 123 Å². The maximum Gasteiger partial charge on any atom is 0.407 e. The molecule has 1 aromatic rings. The third-order valence-corrected chi connectivity index (χ3v) is 2.53. The minimum absolute atomic E-state index is 0.146. The lowest BCUT2D eigenvalue weighted by Gasteiger charge is -2.22. The van der Waals surface area contributed by atoms with E-state index in [0.717, 1.165) is 0 Å². The smallest absolute Gasteiger partial charge is 0.407 e. The maximum absolute atomic E-state index is 11.4. The first-order valence-electron chi connectivity index (χ1n) is 6.44. The summed E-state index contributed by atoms with van der Waals surface area (Å²) in [5.74, 6) is 0.146. The molecule has 0 aliphatic rings. The molecule has 8 nitrogen and oxygen atoms in total. The van der Waals surface area contributed by atoms with Crippen LogP contribution in [0.2, 0.25) is 0 Å². The molecule has 2 unspecified atom stereocenters. The molecule has 0 saturated carbocycles. The molecule has 118 valence electrons. The summed E-state index contributed by atoms with van der Waals surface area (Å²) >= 11 is 0. The van der Waals surface area contributed by atoms with Crippen LogP contribution in [0.25, 0.3) is 0 Å². The zero-order valence-corrected chi connectivity index (χ0v) is 12.3. The van der Waals surface area contributed by atoms with Crippen LogP contribution in [0.3, 0.4) is 0 Å². The Morgan fingerprint density at radius 2 is 2.05 bits per heavy atom. The summed E-state index contributed by atoms with van der Waals surface area (Å²) in [5, 5.41) is 22.2. The minimum Gasteiger partial charge on any atom is -0.444 e. The molecule has 0 saturated heterocycles. The first-order chi connectivity index (χ1) is 9.60. The van der Waals surface area contributed by atoms with Crippen LogP contribution < -0.4 is 16.8 Å². The number of hydrogen-bond acceptors (Lipinski definition) is 7. The van der Waals surface area contributed by atoms with Gasteiger partial charge in [0.1, 0.15) is 23.6 Å². The number of carbonyl (C=O) groups excluding carboxylic acids is 1. The Morgan fingerprint density at radius 1 is 1.43 bits per heavy atom. The van der Waals surface area contributed by atoms with E-state index in [9.17, 15) is 15.0 Å². The van der Waals surface area contributed by atoms with Gasteiger partial charge in [0.15, 0.2) is 0 Å². The number of nitrogen functional groups attached to an aromatic ring is 2. The number of nitrogens with one attached hydrogen (secondary N) is 1. The van der Waals surface area contributed by atoms with E-state index in [1.54, 1.807) is 20.8 Å². The van der Waals surface area contributed by atoms with Crippen LogP contribution in [0.5, 0.6) is 0 Å². The number of hydrogen-bond donors (Lipinski definition) is 5. The highest BCUT2D eigenvalue weighted by molar-refractivity contribution is 5.67. The lowest BCUT2D eigenvalue weighted by molar-refractivity contribution is 0.0128. The van der Waals surface area contributed by atoms with Crippen LogP contribution in [0.15, 0.2) is 12.3 Å². The van der Waals surface area contributed by atoms with Crippen molar-refractivity contribution in [3.63, 3.8) is 0 Å². The second kappa shape index (κ2) is 6.59. The fraction of sp³-hybridized carbons (Fsp3) is 0.538. The molecule has 1 amide bonds. The van der Waals surface area contributed by atoms with Gasteiger partial charge in [0.25, 0.3) is 0 Å². The number of carbonyl (C=O) groups is 1. The maximum atomic E-state index is 11.4. The third kappa shape index (κ3) is 5.44. The van der Waals surface area contributed by atoms with E-state index < -0.39 is 23.9 Å². The zero-order chi connectivity index (χ0) is 16.2. The average molecular weight is 298 g/mol. The topological polar surface area (TPSA) is 144 Å². The predicted octanol–water partition coefficient (Wildman–Crippen LogP) is 0.165. The second-order valence-corrected chi connectivity index (χ2v) is 5.64. The molecule has 0 aliphatic carbocycles. The fourth-order valence-electron chi connectivity index (χ4n) is 1.51. The SMILES string of the molecule is CC(C)(C)OC(=O)NCC(O)C(O)c1cnc(N)c(N)c1. The number of pyridine rings is 1. The first kappa shape index (κ1) is 17.0. The van der Waals surface area contributed by atoms with Gasteiger partial charge in [-0.2, -0.15) is 0 Å². The van der Waals surface area contributed by atoms with E-state index in [2.05, 4.69) is 10.3 Å². The van der Waals surface area contributed by atoms with E-state index in [-0.39, 0.29) is 18.1 Å². The number of rotatable bonds is 4. The standard InChI is InChI=1S/C13H22N4O4/c1-13(2,3)21-12(20)17-6-9(18)10(19)7-4-8(14)11(15)16-5-7/h4-5,9-10,18-19H,6,14H2,1-3H3,(H2,15,16)(H,17,20). The van der Waals surface area contributed by atoms with Crippen LogP contribution in [0.1, 0.15) is 32.4 Å². The number of aromatic nitrogens is 1. The van der Waals surface area contributed by atoms with E-state index >= 15 is 0 Å². The lowest BCUT2D eigenvalue weighted by Crippen LogP contribution is -2.38. The highest BCUT2D eigenvalue weighted by Gasteiger charge is 2.22. The molecule has 1 rings (SSSR count). The second-order valence-electron chi connectivity index (χ2n) is 5.64. The van der Waals surface area contributed by atoms with Crippen molar-refractivity contribution in [3.05, 3.63) is 17.8 Å². The number of nitrogens with zero attached hydrogens (tertiary/aromatic N) is 1. The van der Waals surface area contributed by atoms with Gasteiger partial charge in [0.2, 0.25) is 0 Å². The van der Waals surface area contributed by atoms with Crippen LogP contribution in [-0.4, -0.2) is 39.5 Å². The molecule has 21 heavy (non-hydrogen) atoms. The number of aliphatic hydroxyl groups excluding tert-OH is 2. The van der Waals surface area contributed by atoms with Gasteiger partial charge < -0.3 is 31.7 Å². The van der Waals surface area contributed by atoms with Crippen molar-refractivity contribution in [1.82, 2.24) is 10.3 Å². The zero-order valence-electron chi connectivity index (χ0n) is 12.3. The van der Waals surface area contributed by atoms with Crippen molar-refractivity contribution in [2.24, 2.45) is 0 Å². The van der Waals surface area contributed by atoms with Crippen LogP contribution in [0, 0.1) is 0 Å². The Morgan fingerprint density at radius 3 is 2.57 bits per heavy atom. The summed E-state index contributed by atoms with van der Waals surface area (Å²) in [6, 6.07) is 1.42. The van der Waals surface area contributed by atoms with Crippen LogP contribution in [-0.2, 0) is 4.74 Å². The number of anilines is 2. The van der Waals surface area contributed by atoms with Gasteiger partial charge in [-0.3, -0.25) is 0 Å². The van der Waals surface area contributed by atoms with Gasteiger partial charge in [-0.1, -0.05) is 0 Å². The number of ether oxygens (including phenoxy) is 1. The number of amides is 1. The molecular weight excluding hydrogens is 276 g/mol. The van der Waals surface area contributed by atoms with Gasteiger partial charge in [0.05, 0.1) is 5.69 Å².